The summed E-state index contributed by atoms with van der Waals surface area (Å²) in [6.07, 6.45) is 4.17. The number of benzene rings is 1. The molecule has 3 rings (SSSR count). The van der Waals surface area contributed by atoms with E-state index in [0.717, 1.165) is 17.5 Å². The van der Waals surface area contributed by atoms with Gasteiger partial charge in [0, 0.05) is 28.9 Å². The highest BCUT2D eigenvalue weighted by Crippen LogP contribution is 2.35. The Labute approximate surface area is 157 Å². The zero-order valence-electron chi connectivity index (χ0n) is 14.7. The Bertz CT molecular complexity index is 938. The van der Waals surface area contributed by atoms with Crippen LogP contribution < -0.4 is 5.32 Å². The van der Waals surface area contributed by atoms with Crippen LogP contribution in [0.2, 0.25) is 0 Å². The van der Waals surface area contributed by atoms with Crippen LogP contribution in [0, 0.1) is 17.2 Å². The topological polar surface area (TPSA) is 65.8 Å². The van der Waals surface area contributed by atoms with Crippen LogP contribution in [0.3, 0.4) is 0 Å². The van der Waals surface area contributed by atoms with Crippen LogP contribution in [-0.2, 0) is 6.42 Å². The van der Waals surface area contributed by atoms with Crippen LogP contribution in [0.1, 0.15) is 35.3 Å². The van der Waals surface area contributed by atoms with Crippen molar-refractivity contribution in [3.63, 3.8) is 0 Å². The van der Waals surface area contributed by atoms with Gasteiger partial charge in [0.1, 0.15) is 11.1 Å². The SMILES string of the molecule is CC(C)Cc1ccc(-c2csc(NC(=O)c3ccncc3)c2C#N)cc1. The van der Waals surface area contributed by atoms with Gasteiger partial charge in [-0.3, -0.25) is 9.78 Å². The second kappa shape index (κ2) is 7.94. The Morgan fingerprint density at radius 3 is 2.50 bits per heavy atom. The van der Waals surface area contributed by atoms with Gasteiger partial charge < -0.3 is 5.32 Å². The quantitative estimate of drug-likeness (QED) is 0.685. The fraction of sp³-hybridized carbons (Fsp3) is 0.190. The van der Waals surface area contributed by atoms with Crippen LogP contribution >= 0.6 is 11.3 Å². The minimum atomic E-state index is -0.246. The zero-order chi connectivity index (χ0) is 18.5. The number of rotatable bonds is 5. The maximum Gasteiger partial charge on any atom is 0.256 e. The number of aromatic nitrogens is 1. The van der Waals surface area contributed by atoms with Gasteiger partial charge in [0.2, 0.25) is 0 Å². The highest BCUT2D eigenvalue weighted by atomic mass is 32.1. The fourth-order valence-electron chi connectivity index (χ4n) is 2.74. The van der Waals surface area contributed by atoms with Gasteiger partial charge in [0.25, 0.3) is 5.91 Å². The normalized spacial score (nSPS) is 10.5. The number of carbonyl (C=O) groups excluding carboxylic acids is 1. The highest BCUT2D eigenvalue weighted by Gasteiger charge is 2.16. The first kappa shape index (κ1) is 17.8. The third-order valence-electron chi connectivity index (χ3n) is 3.98. The van der Waals surface area contributed by atoms with Gasteiger partial charge in [-0.1, -0.05) is 38.1 Å². The van der Waals surface area contributed by atoms with Crippen molar-refractivity contribution < 1.29 is 4.79 Å². The van der Waals surface area contributed by atoms with Gasteiger partial charge in [0.15, 0.2) is 0 Å². The van der Waals surface area contributed by atoms with Crippen molar-refractivity contribution in [2.75, 3.05) is 5.32 Å². The van der Waals surface area contributed by atoms with Crippen LogP contribution in [0.4, 0.5) is 5.00 Å². The Balaban J connectivity index is 1.84. The molecule has 5 heteroatoms. The highest BCUT2D eigenvalue weighted by molar-refractivity contribution is 7.15. The van der Waals surface area contributed by atoms with E-state index in [2.05, 4.69) is 42.4 Å². The smallest absolute Gasteiger partial charge is 0.256 e. The molecule has 0 fully saturated rings. The van der Waals surface area contributed by atoms with Crippen molar-refractivity contribution in [2.24, 2.45) is 5.92 Å². The second-order valence-electron chi connectivity index (χ2n) is 6.45. The fourth-order valence-corrected chi connectivity index (χ4v) is 3.66. The van der Waals surface area contributed by atoms with E-state index in [0.29, 0.717) is 22.0 Å². The molecule has 0 saturated carbocycles. The summed E-state index contributed by atoms with van der Waals surface area (Å²) in [5, 5.41) is 14.9. The number of thiophene rings is 1. The van der Waals surface area contributed by atoms with Crippen molar-refractivity contribution in [3.05, 3.63) is 70.9 Å². The van der Waals surface area contributed by atoms with E-state index in [1.54, 1.807) is 24.5 Å². The number of nitrogens with zero attached hydrogens (tertiary/aromatic N) is 2. The van der Waals surface area contributed by atoms with E-state index in [1.807, 2.05) is 17.5 Å². The molecule has 0 bridgehead atoms. The minimum Gasteiger partial charge on any atom is -0.312 e. The summed E-state index contributed by atoms with van der Waals surface area (Å²) in [5.41, 5.74) is 4.11. The largest absolute Gasteiger partial charge is 0.312 e. The predicted octanol–water partition coefficient (Wildman–Crippen LogP) is 5.13. The summed E-state index contributed by atoms with van der Waals surface area (Å²) in [7, 11) is 0. The molecule has 130 valence electrons. The number of pyridine rings is 1. The van der Waals surface area contributed by atoms with Crippen molar-refractivity contribution in [3.8, 4) is 17.2 Å². The van der Waals surface area contributed by atoms with E-state index < -0.39 is 0 Å². The van der Waals surface area contributed by atoms with E-state index in [4.69, 9.17) is 0 Å². The van der Waals surface area contributed by atoms with Crippen molar-refractivity contribution >= 4 is 22.2 Å². The molecule has 1 aromatic carbocycles. The monoisotopic (exact) mass is 361 g/mol. The van der Waals surface area contributed by atoms with Gasteiger partial charge in [-0.15, -0.1) is 11.3 Å². The third kappa shape index (κ3) is 3.98. The van der Waals surface area contributed by atoms with Crippen LogP contribution in [-0.4, -0.2) is 10.9 Å². The lowest BCUT2D eigenvalue weighted by atomic mass is 9.99. The lowest BCUT2D eigenvalue weighted by Crippen LogP contribution is -2.11. The van der Waals surface area contributed by atoms with Gasteiger partial charge in [-0.05, 0) is 35.6 Å². The Morgan fingerprint density at radius 2 is 1.88 bits per heavy atom. The van der Waals surface area contributed by atoms with Crippen molar-refractivity contribution in [1.29, 1.82) is 5.26 Å². The average molecular weight is 361 g/mol. The Kier molecular flexibility index (Phi) is 5.45. The van der Waals surface area contributed by atoms with E-state index in [-0.39, 0.29) is 5.91 Å². The molecule has 0 aliphatic heterocycles. The molecule has 0 saturated heterocycles. The van der Waals surface area contributed by atoms with Crippen molar-refractivity contribution in [2.45, 2.75) is 20.3 Å². The maximum absolute atomic E-state index is 12.3. The molecule has 2 heterocycles. The van der Waals surface area contributed by atoms with Crippen molar-refractivity contribution in [1.82, 2.24) is 4.98 Å². The lowest BCUT2D eigenvalue weighted by Gasteiger charge is -2.07. The summed E-state index contributed by atoms with van der Waals surface area (Å²) in [6.45, 7) is 4.39. The summed E-state index contributed by atoms with van der Waals surface area (Å²) in [4.78, 5) is 16.2. The van der Waals surface area contributed by atoms with Gasteiger partial charge in [-0.25, -0.2) is 0 Å². The molecule has 26 heavy (non-hydrogen) atoms. The van der Waals surface area contributed by atoms with Crippen LogP contribution in [0.25, 0.3) is 11.1 Å². The number of hydrogen-bond donors (Lipinski definition) is 1. The molecule has 4 nitrogen and oxygen atoms in total. The Morgan fingerprint density at radius 1 is 1.19 bits per heavy atom. The summed E-state index contributed by atoms with van der Waals surface area (Å²) in [6, 6.07) is 13.8. The van der Waals surface area contributed by atoms with E-state index in [9.17, 15) is 10.1 Å². The van der Waals surface area contributed by atoms with Gasteiger partial charge in [0.05, 0.1) is 5.56 Å². The van der Waals surface area contributed by atoms with Crippen LogP contribution in [0.15, 0.2) is 54.2 Å². The number of carbonyl (C=O) groups is 1. The van der Waals surface area contributed by atoms with Crippen LogP contribution in [0.5, 0.6) is 0 Å². The first-order chi connectivity index (χ1) is 12.6. The molecular formula is C21H19N3OS. The molecule has 0 aliphatic rings. The maximum atomic E-state index is 12.3. The Hall–Kier alpha value is -2.97. The van der Waals surface area contributed by atoms with E-state index in [1.165, 1.54) is 16.9 Å². The number of anilines is 1. The molecule has 0 aliphatic carbocycles. The summed E-state index contributed by atoms with van der Waals surface area (Å²) >= 11 is 1.36. The molecule has 2 aromatic heterocycles. The number of hydrogen-bond acceptors (Lipinski definition) is 4. The predicted molar refractivity (Wildman–Crippen MR) is 105 cm³/mol. The molecule has 0 spiro atoms. The van der Waals surface area contributed by atoms with E-state index >= 15 is 0 Å². The number of nitrogens with one attached hydrogen (secondary N) is 1. The molecule has 0 atom stereocenters. The summed E-state index contributed by atoms with van der Waals surface area (Å²) < 4.78 is 0. The summed E-state index contributed by atoms with van der Waals surface area (Å²) in [5.74, 6) is 0.358. The molecule has 0 unspecified atom stereocenters. The molecule has 1 amide bonds. The first-order valence-electron chi connectivity index (χ1n) is 8.40. The lowest BCUT2D eigenvalue weighted by molar-refractivity contribution is 0.102. The average Bonchev–Trinajstić information content (AvgIpc) is 3.05. The molecule has 3 aromatic rings. The zero-order valence-corrected chi connectivity index (χ0v) is 15.5. The molecule has 1 N–H and O–H groups in total. The van der Waals surface area contributed by atoms with Gasteiger partial charge >= 0.3 is 0 Å². The minimum absolute atomic E-state index is 0.246. The molecular weight excluding hydrogens is 342 g/mol. The number of amides is 1. The van der Waals surface area contributed by atoms with Gasteiger partial charge in [-0.2, -0.15) is 5.26 Å². The third-order valence-corrected chi connectivity index (χ3v) is 4.88. The molecule has 0 radical (unpaired) electrons. The standard InChI is InChI=1S/C21H19N3OS/c1-14(2)11-15-3-5-16(6-4-15)19-13-26-21(18(19)12-22)24-20(25)17-7-9-23-10-8-17/h3-10,13-14H,11H2,1-2H3,(H,24,25). The first-order valence-corrected chi connectivity index (χ1v) is 9.28. The second-order valence-corrected chi connectivity index (χ2v) is 7.33. The number of nitriles is 1.